The van der Waals surface area contributed by atoms with Crippen molar-refractivity contribution in [1.82, 2.24) is 0 Å². The lowest BCUT2D eigenvalue weighted by Crippen LogP contribution is -1.99. The van der Waals surface area contributed by atoms with Crippen LogP contribution in [0.5, 0.6) is 0 Å². The normalized spacial score (nSPS) is 10.5. The second kappa shape index (κ2) is 4.99. The van der Waals surface area contributed by atoms with Gasteiger partial charge in [-0.25, -0.2) is 0 Å². The van der Waals surface area contributed by atoms with Crippen LogP contribution in [-0.2, 0) is 0 Å². The zero-order valence-corrected chi connectivity index (χ0v) is 10.4. The lowest BCUT2D eigenvalue weighted by Gasteiger charge is -2.06. The van der Waals surface area contributed by atoms with Crippen LogP contribution in [0.4, 0.5) is 0 Å². The van der Waals surface area contributed by atoms with Crippen LogP contribution in [0, 0.1) is 17.3 Å². The van der Waals surface area contributed by atoms with Gasteiger partial charge in [0.05, 0.1) is 0 Å². The van der Waals surface area contributed by atoms with E-state index in [0.29, 0.717) is 6.42 Å². The molecule has 0 heterocycles. The van der Waals surface area contributed by atoms with Crippen molar-refractivity contribution in [3.8, 4) is 11.8 Å². The molecule has 0 aliphatic carbocycles. The van der Waals surface area contributed by atoms with E-state index >= 15 is 0 Å². The van der Waals surface area contributed by atoms with Crippen molar-refractivity contribution in [2.75, 3.05) is 0 Å². The molecule has 0 unspecified atom stereocenters. The average Bonchev–Trinajstić information content (AvgIpc) is 2.25. The zero-order chi connectivity index (χ0) is 12.2. The van der Waals surface area contributed by atoms with Crippen molar-refractivity contribution in [2.45, 2.75) is 34.1 Å². The highest BCUT2D eigenvalue weighted by atomic mass is 16.1. The third-order valence-corrected chi connectivity index (χ3v) is 2.11. The summed E-state index contributed by atoms with van der Waals surface area (Å²) in [5.74, 6) is 6.45. The highest BCUT2D eigenvalue weighted by molar-refractivity contribution is 5.95. The number of benzene rings is 1. The summed E-state index contributed by atoms with van der Waals surface area (Å²) in [6.07, 6.45) is 0.549. The monoisotopic (exact) mass is 214 g/mol. The van der Waals surface area contributed by atoms with E-state index in [2.05, 4.69) is 32.6 Å². The topological polar surface area (TPSA) is 17.1 Å². The SMILES string of the molecule is CCC(=O)c1ccc(C#CC(C)(C)C)cc1. The standard InChI is InChI=1S/C15H18O/c1-5-14(16)13-8-6-12(7-9-13)10-11-15(2,3)4/h6-9H,5H2,1-4H3. The minimum Gasteiger partial charge on any atom is -0.294 e. The van der Waals surface area contributed by atoms with Crippen molar-refractivity contribution in [1.29, 1.82) is 0 Å². The second-order valence-electron chi connectivity index (χ2n) is 4.85. The summed E-state index contributed by atoms with van der Waals surface area (Å²) in [6, 6.07) is 7.50. The maximum Gasteiger partial charge on any atom is 0.162 e. The summed E-state index contributed by atoms with van der Waals surface area (Å²) in [4.78, 5) is 11.4. The Morgan fingerprint density at radius 3 is 2.19 bits per heavy atom. The Morgan fingerprint density at radius 2 is 1.75 bits per heavy atom. The van der Waals surface area contributed by atoms with E-state index in [1.807, 2.05) is 31.2 Å². The van der Waals surface area contributed by atoms with Crippen molar-refractivity contribution >= 4 is 5.78 Å². The van der Waals surface area contributed by atoms with Crippen molar-refractivity contribution < 1.29 is 4.79 Å². The molecule has 0 saturated carbocycles. The maximum absolute atomic E-state index is 11.4. The lowest BCUT2D eigenvalue weighted by atomic mass is 9.97. The summed E-state index contributed by atoms with van der Waals surface area (Å²) >= 11 is 0. The summed E-state index contributed by atoms with van der Waals surface area (Å²) < 4.78 is 0. The van der Waals surface area contributed by atoms with Crippen LogP contribution in [0.25, 0.3) is 0 Å². The van der Waals surface area contributed by atoms with Crippen LogP contribution in [0.1, 0.15) is 50.0 Å². The number of ketones is 1. The Labute approximate surface area is 97.9 Å². The third-order valence-electron chi connectivity index (χ3n) is 2.11. The lowest BCUT2D eigenvalue weighted by molar-refractivity contribution is 0.0988. The highest BCUT2D eigenvalue weighted by Crippen LogP contribution is 2.11. The average molecular weight is 214 g/mol. The fraction of sp³-hybridized carbons (Fsp3) is 0.400. The fourth-order valence-corrected chi connectivity index (χ4v) is 1.20. The molecule has 1 aromatic rings. The molecule has 0 spiro atoms. The summed E-state index contributed by atoms with van der Waals surface area (Å²) in [6.45, 7) is 8.11. The van der Waals surface area contributed by atoms with Crippen molar-refractivity contribution in [3.63, 3.8) is 0 Å². The van der Waals surface area contributed by atoms with Gasteiger partial charge in [-0.2, -0.15) is 0 Å². The van der Waals surface area contributed by atoms with E-state index in [9.17, 15) is 4.79 Å². The van der Waals surface area contributed by atoms with E-state index < -0.39 is 0 Å². The van der Waals surface area contributed by atoms with E-state index in [-0.39, 0.29) is 11.2 Å². The summed E-state index contributed by atoms with van der Waals surface area (Å²) in [5.41, 5.74) is 1.74. The molecule has 0 atom stereocenters. The molecule has 84 valence electrons. The molecule has 0 fully saturated rings. The molecule has 0 N–H and O–H groups in total. The van der Waals surface area contributed by atoms with Crippen molar-refractivity contribution in [3.05, 3.63) is 35.4 Å². The van der Waals surface area contributed by atoms with Gasteiger partial charge in [0.15, 0.2) is 5.78 Å². The van der Waals surface area contributed by atoms with Gasteiger partial charge in [-0.15, -0.1) is 0 Å². The number of Topliss-reactive ketones (excluding diaryl/α,β-unsaturated/α-hetero) is 1. The molecule has 0 aliphatic rings. The van der Waals surface area contributed by atoms with Gasteiger partial charge in [0.1, 0.15) is 0 Å². The van der Waals surface area contributed by atoms with E-state index in [1.54, 1.807) is 0 Å². The largest absolute Gasteiger partial charge is 0.294 e. The molecular weight excluding hydrogens is 196 g/mol. The maximum atomic E-state index is 11.4. The molecule has 0 radical (unpaired) electrons. The minimum absolute atomic E-state index is 0.0118. The smallest absolute Gasteiger partial charge is 0.162 e. The third kappa shape index (κ3) is 3.90. The van der Waals surface area contributed by atoms with Crippen LogP contribution >= 0.6 is 0 Å². The number of hydrogen-bond donors (Lipinski definition) is 0. The number of carbonyl (C=O) groups is 1. The van der Waals surface area contributed by atoms with Gasteiger partial charge in [-0.1, -0.05) is 30.9 Å². The second-order valence-corrected chi connectivity index (χ2v) is 4.85. The Kier molecular flexibility index (Phi) is 3.90. The van der Waals surface area contributed by atoms with Crippen LogP contribution in [-0.4, -0.2) is 5.78 Å². The molecule has 1 nitrogen and oxygen atoms in total. The Balaban J connectivity index is 2.87. The first kappa shape index (κ1) is 12.5. The predicted octanol–water partition coefficient (Wildman–Crippen LogP) is 3.68. The Hall–Kier alpha value is -1.55. The van der Waals surface area contributed by atoms with Crippen LogP contribution in [0.3, 0.4) is 0 Å². The predicted molar refractivity (Wildman–Crippen MR) is 67.4 cm³/mol. The molecule has 16 heavy (non-hydrogen) atoms. The van der Waals surface area contributed by atoms with Gasteiger partial charge < -0.3 is 0 Å². The number of hydrogen-bond acceptors (Lipinski definition) is 1. The van der Waals surface area contributed by atoms with Gasteiger partial charge in [0.2, 0.25) is 0 Å². The van der Waals surface area contributed by atoms with Crippen LogP contribution in [0.15, 0.2) is 24.3 Å². The molecule has 0 amide bonds. The number of rotatable bonds is 2. The van der Waals surface area contributed by atoms with Crippen LogP contribution in [0.2, 0.25) is 0 Å². The van der Waals surface area contributed by atoms with E-state index in [0.717, 1.165) is 11.1 Å². The van der Waals surface area contributed by atoms with Gasteiger partial charge in [0.25, 0.3) is 0 Å². The Morgan fingerprint density at radius 1 is 1.19 bits per heavy atom. The Bertz CT molecular complexity index is 421. The molecule has 0 aromatic heterocycles. The van der Waals surface area contributed by atoms with Crippen LogP contribution < -0.4 is 0 Å². The van der Waals surface area contributed by atoms with E-state index in [4.69, 9.17) is 0 Å². The molecule has 0 bridgehead atoms. The molecule has 1 heteroatoms. The van der Waals surface area contributed by atoms with Gasteiger partial charge >= 0.3 is 0 Å². The minimum atomic E-state index is 0.0118. The fourth-order valence-electron chi connectivity index (χ4n) is 1.20. The van der Waals surface area contributed by atoms with Gasteiger partial charge in [-0.05, 0) is 32.9 Å². The molecular formula is C15H18O. The zero-order valence-electron chi connectivity index (χ0n) is 10.4. The quantitative estimate of drug-likeness (QED) is 0.542. The van der Waals surface area contributed by atoms with Gasteiger partial charge in [-0.3, -0.25) is 4.79 Å². The van der Waals surface area contributed by atoms with Gasteiger partial charge in [0, 0.05) is 23.0 Å². The molecule has 1 aromatic carbocycles. The molecule has 0 saturated heterocycles. The summed E-state index contributed by atoms with van der Waals surface area (Å²) in [7, 11) is 0. The molecule has 1 rings (SSSR count). The first-order valence-electron chi connectivity index (χ1n) is 5.59. The highest BCUT2D eigenvalue weighted by Gasteiger charge is 2.04. The molecule has 0 aliphatic heterocycles. The van der Waals surface area contributed by atoms with E-state index in [1.165, 1.54) is 0 Å². The summed E-state index contributed by atoms with van der Waals surface area (Å²) in [5, 5.41) is 0. The van der Waals surface area contributed by atoms with Crippen molar-refractivity contribution in [2.24, 2.45) is 5.41 Å². The first-order valence-corrected chi connectivity index (χ1v) is 5.59. The number of carbonyl (C=O) groups excluding carboxylic acids is 1. The first-order chi connectivity index (χ1) is 7.42.